The van der Waals surface area contributed by atoms with Crippen molar-refractivity contribution < 1.29 is 15.1 Å². The van der Waals surface area contributed by atoms with E-state index in [1.165, 1.54) is 12.1 Å². The zero-order chi connectivity index (χ0) is 12.3. The summed E-state index contributed by atoms with van der Waals surface area (Å²) < 4.78 is 0. The van der Waals surface area contributed by atoms with Gasteiger partial charge in [-0.3, -0.25) is 10.0 Å². The lowest BCUT2D eigenvalue weighted by molar-refractivity contribution is 0.0852. The van der Waals surface area contributed by atoms with Crippen molar-refractivity contribution in [3.63, 3.8) is 0 Å². The summed E-state index contributed by atoms with van der Waals surface area (Å²) in [6.45, 7) is 0. The number of para-hydroxylation sites is 2. The number of rotatable bonds is 2. The predicted molar refractivity (Wildman–Crippen MR) is 63.1 cm³/mol. The van der Waals surface area contributed by atoms with Gasteiger partial charge in [0.1, 0.15) is 11.4 Å². The Hall–Kier alpha value is -2.33. The predicted octanol–water partition coefficient (Wildman–Crippen LogP) is 2.43. The second kappa shape index (κ2) is 4.67. The molecule has 2 N–H and O–H groups in total. The summed E-state index contributed by atoms with van der Waals surface area (Å²) in [5.41, 5.74) is 0.402. The van der Waals surface area contributed by atoms with E-state index in [0.717, 1.165) is 0 Å². The van der Waals surface area contributed by atoms with Crippen molar-refractivity contribution in [2.75, 3.05) is 5.06 Å². The van der Waals surface area contributed by atoms with Crippen molar-refractivity contribution in [3.8, 4) is 5.75 Å². The Morgan fingerprint density at radius 1 is 0.941 bits per heavy atom. The summed E-state index contributed by atoms with van der Waals surface area (Å²) in [6, 6.07) is 14.4. The first kappa shape index (κ1) is 11.2. The van der Waals surface area contributed by atoms with Crippen molar-refractivity contribution in [1.29, 1.82) is 0 Å². The largest absolute Gasteiger partial charge is 0.506 e. The lowest BCUT2D eigenvalue weighted by atomic mass is 10.2. The van der Waals surface area contributed by atoms with Crippen LogP contribution in [0, 0.1) is 0 Å². The third-order valence-electron chi connectivity index (χ3n) is 2.32. The molecule has 2 rings (SSSR count). The standard InChI is InChI=1S/C13H11NO3/c15-12-9-5-4-8-11(12)14(17)13(16)10-6-2-1-3-7-10/h1-9,15,17H. The number of phenols is 1. The number of phenolic OH excluding ortho intramolecular Hbond substituents is 1. The minimum Gasteiger partial charge on any atom is -0.506 e. The van der Waals surface area contributed by atoms with Gasteiger partial charge in [-0.1, -0.05) is 30.3 Å². The number of hydroxylamine groups is 1. The molecule has 0 atom stereocenters. The molecule has 2 aromatic carbocycles. The van der Waals surface area contributed by atoms with E-state index in [2.05, 4.69) is 0 Å². The van der Waals surface area contributed by atoms with Crippen LogP contribution in [0.5, 0.6) is 5.75 Å². The van der Waals surface area contributed by atoms with E-state index in [1.807, 2.05) is 0 Å². The maximum atomic E-state index is 11.9. The highest BCUT2D eigenvalue weighted by atomic mass is 16.5. The number of amides is 1. The maximum Gasteiger partial charge on any atom is 0.282 e. The van der Waals surface area contributed by atoms with Crippen molar-refractivity contribution in [3.05, 3.63) is 60.2 Å². The van der Waals surface area contributed by atoms with Gasteiger partial charge in [-0.2, -0.15) is 5.06 Å². The van der Waals surface area contributed by atoms with Crippen LogP contribution in [0.3, 0.4) is 0 Å². The molecule has 0 bridgehead atoms. The van der Waals surface area contributed by atoms with E-state index in [-0.39, 0.29) is 11.4 Å². The third-order valence-corrected chi connectivity index (χ3v) is 2.32. The summed E-state index contributed by atoms with van der Waals surface area (Å²) in [6.07, 6.45) is 0. The summed E-state index contributed by atoms with van der Waals surface area (Å²) in [5.74, 6) is -0.744. The number of benzene rings is 2. The molecule has 2 aromatic rings. The molecule has 0 aromatic heterocycles. The third kappa shape index (κ3) is 2.26. The molecule has 0 radical (unpaired) electrons. The molecular weight excluding hydrogens is 218 g/mol. The Kier molecular flexibility index (Phi) is 3.07. The first-order valence-corrected chi connectivity index (χ1v) is 5.06. The molecule has 17 heavy (non-hydrogen) atoms. The van der Waals surface area contributed by atoms with Crippen LogP contribution < -0.4 is 5.06 Å². The second-order valence-corrected chi connectivity index (χ2v) is 3.47. The van der Waals surface area contributed by atoms with Crippen LogP contribution in [0.15, 0.2) is 54.6 Å². The first-order valence-electron chi connectivity index (χ1n) is 5.06. The first-order chi connectivity index (χ1) is 8.20. The fourth-order valence-corrected chi connectivity index (χ4v) is 1.46. The van der Waals surface area contributed by atoms with Crippen LogP contribution >= 0.6 is 0 Å². The van der Waals surface area contributed by atoms with Crippen LogP contribution in [0.4, 0.5) is 5.69 Å². The Morgan fingerprint density at radius 3 is 2.18 bits per heavy atom. The monoisotopic (exact) mass is 229 g/mol. The lowest BCUT2D eigenvalue weighted by Gasteiger charge is -2.15. The molecule has 0 unspecified atom stereocenters. The average Bonchev–Trinajstić information content (AvgIpc) is 2.39. The van der Waals surface area contributed by atoms with E-state index < -0.39 is 5.91 Å². The average molecular weight is 229 g/mol. The van der Waals surface area contributed by atoms with Crippen molar-refractivity contribution in [2.24, 2.45) is 0 Å². The van der Waals surface area contributed by atoms with Crippen molar-refractivity contribution in [2.45, 2.75) is 0 Å². The van der Waals surface area contributed by atoms with Crippen LogP contribution in [0.1, 0.15) is 10.4 Å². The van der Waals surface area contributed by atoms with Gasteiger partial charge in [0.05, 0.1) is 0 Å². The Morgan fingerprint density at radius 2 is 1.53 bits per heavy atom. The summed E-state index contributed by atoms with van der Waals surface area (Å²) in [7, 11) is 0. The minimum absolute atomic E-state index is 0.0568. The molecular formula is C13H11NO3. The van der Waals surface area contributed by atoms with E-state index in [1.54, 1.807) is 42.5 Å². The van der Waals surface area contributed by atoms with Crippen LogP contribution in [0.2, 0.25) is 0 Å². The van der Waals surface area contributed by atoms with Gasteiger partial charge < -0.3 is 5.11 Å². The topological polar surface area (TPSA) is 60.8 Å². The second-order valence-electron chi connectivity index (χ2n) is 3.47. The van der Waals surface area contributed by atoms with Crippen LogP contribution in [-0.4, -0.2) is 16.2 Å². The number of nitrogens with zero attached hydrogens (tertiary/aromatic N) is 1. The van der Waals surface area contributed by atoms with Gasteiger partial charge in [-0.25, -0.2) is 0 Å². The molecule has 0 heterocycles. The highest BCUT2D eigenvalue weighted by Crippen LogP contribution is 2.26. The highest BCUT2D eigenvalue weighted by Gasteiger charge is 2.17. The molecule has 4 heteroatoms. The normalized spacial score (nSPS) is 9.94. The highest BCUT2D eigenvalue weighted by molar-refractivity contribution is 6.05. The molecule has 0 saturated carbocycles. The molecule has 0 saturated heterocycles. The van der Waals surface area contributed by atoms with Gasteiger partial charge in [-0.05, 0) is 24.3 Å². The van der Waals surface area contributed by atoms with Crippen molar-refractivity contribution in [1.82, 2.24) is 0 Å². The lowest BCUT2D eigenvalue weighted by Crippen LogP contribution is -2.26. The van der Waals surface area contributed by atoms with Gasteiger partial charge in [0.25, 0.3) is 5.91 Å². The Labute approximate surface area is 98.3 Å². The summed E-state index contributed by atoms with van der Waals surface area (Å²) >= 11 is 0. The maximum absolute atomic E-state index is 11.9. The number of aromatic hydroxyl groups is 1. The van der Waals surface area contributed by atoms with E-state index in [4.69, 9.17) is 0 Å². The Bertz CT molecular complexity index is 525. The molecule has 1 amide bonds. The van der Waals surface area contributed by atoms with Crippen molar-refractivity contribution >= 4 is 11.6 Å². The minimum atomic E-state index is -0.591. The molecule has 0 spiro atoms. The Balaban J connectivity index is 2.30. The molecule has 4 nitrogen and oxygen atoms in total. The number of hydrogen-bond acceptors (Lipinski definition) is 3. The quantitative estimate of drug-likeness (QED) is 0.614. The van der Waals surface area contributed by atoms with Gasteiger partial charge >= 0.3 is 0 Å². The smallest absolute Gasteiger partial charge is 0.282 e. The molecule has 0 fully saturated rings. The van der Waals surface area contributed by atoms with Gasteiger partial charge in [-0.15, -0.1) is 0 Å². The molecule has 0 aliphatic rings. The number of carbonyl (C=O) groups is 1. The number of carbonyl (C=O) groups excluding carboxylic acids is 1. The summed E-state index contributed by atoms with van der Waals surface area (Å²) in [4.78, 5) is 11.9. The van der Waals surface area contributed by atoms with Crippen LogP contribution in [0.25, 0.3) is 0 Å². The zero-order valence-corrected chi connectivity index (χ0v) is 8.95. The zero-order valence-electron chi connectivity index (χ0n) is 8.95. The molecule has 0 aliphatic carbocycles. The fraction of sp³-hybridized carbons (Fsp3) is 0. The SMILES string of the molecule is O=C(c1ccccc1)N(O)c1ccccc1O. The number of anilines is 1. The molecule has 0 aliphatic heterocycles. The van der Waals surface area contributed by atoms with Crippen LogP contribution in [-0.2, 0) is 0 Å². The van der Waals surface area contributed by atoms with Gasteiger partial charge in [0.15, 0.2) is 0 Å². The van der Waals surface area contributed by atoms with E-state index in [9.17, 15) is 15.1 Å². The molecule has 86 valence electrons. The fourth-order valence-electron chi connectivity index (χ4n) is 1.46. The van der Waals surface area contributed by atoms with E-state index >= 15 is 0 Å². The van der Waals surface area contributed by atoms with E-state index in [0.29, 0.717) is 10.6 Å². The number of hydrogen-bond donors (Lipinski definition) is 2. The van der Waals surface area contributed by atoms with Gasteiger partial charge in [0, 0.05) is 5.56 Å². The van der Waals surface area contributed by atoms with Gasteiger partial charge in [0.2, 0.25) is 0 Å². The summed E-state index contributed by atoms with van der Waals surface area (Å²) in [5, 5.41) is 19.7.